The van der Waals surface area contributed by atoms with Crippen molar-refractivity contribution >= 4 is 5.82 Å². The summed E-state index contributed by atoms with van der Waals surface area (Å²) in [5, 5.41) is 3.44. The summed E-state index contributed by atoms with van der Waals surface area (Å²) >= 11 is 0. The number of pyridine rings is 1. The van der Waals surface area contributed by atoms with Crippen molar-refractivity contribution in [3.8, 4) is 0 Å². The lowest BCUT2D eigenvalue weighted by atomic mass is 9.97. The van der Waals surface area contributed by atoms with E-state index in [9.17, 15) is 0 Å². The van der Waals surface area contributed by atoms with Gasteiger partial charge < -0.3 is 10.2 Å². The molecule has 2 heterocycles. The Balaban J connectivity index is 1.79. The lowest BCUT2D eigenvalue weighted by molar-refractivity contribution is 0.226. The van der Waals surface area contributed by atoms with Gasteiger partial charge >= 0.3 is 0 Å². The van der Waals surface area contributed by atoms with Crippen LogP contribution in [0.3, 0.4) is 0 Å². The number of rotatable bonds is 3. The fourth-order valence-corrected chi connectivity index (χ4v) is 2.16. The summed E-state index contributed by atoms with van der Waals surface area (Å²) in [5.74, 6) is 1.82. The zero-order chi connectivity index (χ0) is 11.4. The fraction of sp³-hybridized carbons (Fsp3) is 0.615. The Kier molecular flexibility index (Phi) is 3.78. The molecule has 3 nitrogen and oxygen atoms in total. The number of piperidine rings is 1. The molecular weight excluding hydrogens is 198 g/mol. The number of nitrogens with zero attached hydrogens (tertiary/aromatic N) is 2. The van der Waals surface area contributed by atoms with Gasteiger partial charge in [-0.1, -0.05) is 6.07 Å². The van der Waals surface area contributed by atoms with Gasteiger partial charge in [0.05, 0.1) is 0 Å². The smallest absolute Gasteiger partial charge is 0.126 e. The first-order valence-electron chi connectivity index (χ1n) is 6.10. The van der Waals surface area contributed by atoms with E-state index in [-0.39, 0.29) is 0 Å². The quantitative estimate of drug-likeness (QED) is 0.844. The van der Waals surface area contributed by atoms with Crippen LogP contribution in [-0.4, -0.2) is 36.6 Å². The van der Waals surface area contributed by atoms with E-state index < -0.39 is 0 Å². The molecule has 0 aromatic carbocycles. The van der Waals surface area contributed by atoms with Gasteiger partial charge in [-0.15, -0.1) is 0 Å². The molecule has 0 aliphatic carbocycles. The Bertz CT molecular complexity index is 330. The third kappa shape index (κ3) is 3.20. The van der Waals surface area contributed by atoms with Gasteiger partial charge in [-0.2, -0.15) is 0 Å². The number of hydrogen-bond donors (Lipinski definition) is 1. The van der Waals surface area contributed by atoms with E-state index in [1.54, 1.807) is 0 Å². The molecule has 1 aliphatic rings. The van der Waals surface area contributed by atoms with E-state index in [1.807, 2.05) is 19.1 Å². The third-order valence-electron chi connectivity index (χ3n) is 3.30. The summed E-state index contributed by atoms with van der Waals surface area (Å²) in [6, 6.07) is 6.13. The predicted octanol–water partition coefficient (Wildman–Crippen LogP) is 2.14. The van der Waals surface area contributed by atoms with Gasteiger partial charge in [-0.3, -0.25) is 0 Å². The van der Waals surface area contributed by atoms with Gasteiger partial charge in [0, 0.05) is 12.2 Å². The van der Waals surface area contributed by atoms with Gasteiger partial charge in [-0.05, 0) is 58.0 Å². The maximum absolute atomic E-state index is 4.45. The topological polar surface area (TPSA) is 28.2 Å². The van der Waals surface area contributed by atoms with Crippen LogP contribution < -0.4 is 5.32 Å². The third-order valence-corrected chi connectivity index (χ3v) is 3.30. The van der Waals surface area contributed by atoms with Crippen molar-refractivity contribution in [2.75, 3.05) is 32.0 Å². The Morgan fingerprint density at radius 1 is 1.38 bits per heavy atom. The van der Waals surface area contributed by atoms with E-state index in [1.165, 1.54) is 25.9 Å². The lowest BCUT2D eigenvalue weighted by Crippen LogP contribution is -2.33. The van der Waals surface area contributed by atoms with Crippen LogP contribution in [0.4, 0.5) is 5.82 Å². The first-order valence-corrected chi connectivity index (χ1v) is 6.10. The molecule has 1 saturated heterocycles. The van der Waals surface area contributed by atoms with Gasteiger partial charge in [0.15, 0.2) is 0 Å². The monoisotopic (exact) mass is 219 g/mol. The van der Waals surface area contributed by atoms with Crippen LogP contribution in [-0.2, 0) is 0 Å². The van der Waals surface area contributed by atoms with Gasteiger partial charge in [0.2, 0.25) is 0 Å². The van der Waals surface area contributed by atoms with Crippen LogP contribution in [0, 0.1) is 12.8 Å². The van der Waals surface area contributed by atoms with Gasteiger partial charge in [-0.25, -0.2) is 4.98 Å². The highest BCUT2D eigenvalue weighted by Crippen LogP contribution is 2.16. The summed E-state index contributed by atoms with van der Waals surface area (Å²) < 4.78 is 0. The van der Waals surface area contributed by atoms with Crippen molar-refractivity contribution in [1.29, 1.82) is 0 Å². The number of hydrogen-bond acceptors (Lipinski definition) is 3. The van der Waals surface area contributed by atoms with Crippen LogP contribution in [0.5, 0.6) is 0 Å². The molecule has 0 unspecified atom stereocenters. The summed E-state index contributed by atoms with van der Waals surface area (Å²) in [6.45, 7) is 5.55. The molecule has 1 N–H and O–H groups in total. The first-order chi connectivity index (χ1) is 7.74. The zero-order valence-corrected chi connectivity index (χ0v) is 10.2. The molecule has 0 amide bonds. The minimum atomic E-state index is 0.804. The molecule has 88 valence electrons. The van der Waals surface area contributed by atoms with Crippen LogP contribution in [0.25, 0.3) is 0 Å². The highest BCUT2D eigenvalue weighted by atomic mass is 15.1. The van der Waals surface area contributed by atoms with Crippen molar-refractivity contribution in [2.24, 2.45) is 5.92 Å². The van der Waals surface area contributed by atoms with Crippen molar-refractivity contribution in [2.45, 2.75) is 19.8 Å². The molecule has 1 aromatic rings. The molecule has 3 heteroatoms. The van der Waals surface area contributed by atoms with Crippen molar-refractivity contribution in [1.82, 2.24) is 9.88 Å². The Morgan fingerprint density at radius 3 is 2.81 bits per heavy atom. The largest absolute Gasteiger partial charge is 0.370 e. The number of anilines is 1. The van der Waals surface area contributed by atoms with E-state index in [0.717, 1.165) is 24.0 Å². The maximum atomic E-state index is 4.45. The Labute approximate surface area is 97.9 Å². The second-order valence-electron chi connectivity index (χ2n) is 4.79. The predicted molar refractivity (Wildman–Crippen MR) is 67.7 cm³/mol. The van der Waals surface area contributed by atoms with Crippen molar-refractivity contribution < 1.29 is 0 Å². The average molecular weight is 219 g/mol. The summed E-state index contributed by atoms with van der Waals surface area (Å²) in [6.07, 6.45) is 2.60. The summed E-state index contributed by atoms with van der Waals surface area (Å²) in [7, 11) is 2.20. The molecule has 0 atom stereocenters. The minimum absolute atomic E-state index is 0.804. The Hall–Kier alpha value is -1.09. The standard InChI is InChI=1S/C13H21N3/c1-11-4-3-5-13(15-11)14-10-12-6-8-16(2)9-7-12/h3-5,12H,6-10H2,1-2H3,(H,14,15). The average Bonchev–Trinajstić information content (AvgIpc) is 2.28. The minimum Gasteiger partial charge on any atom is -0.370 e. The number of aromatic nitrogens is 1. The van der Waals surface area contributed by atoms with E-state index >= 15 is 0 Å². The molecule has 0 radical (unpaired) electrons. The van der Waals surface area contributed by atoms with Crippen LogP contribution >= 0.6 is 0 Å². The lowest BCUT2D eigenvalue weighted by Gasteiger charge is -2.29. The van der Waals surface area contributed by atoms with Crippen molar-refractivity contribution in [3.05, 3.63) is 23.9 Å². The van der Waals surface area contributed by atoms with E-state index in [0.29, 0.717) is 0 Å². The molecule has 0 bridgehead atoms. The van der Waals surface area contributed by atoms with Crippen LogP contribution in [0.2, 0.25) is 0 Å². The van der Waals surface area contributed by atoms with Crippen LogP contribution in [0.15, 0.2) is 18.2 Å². The number of aryl methyl sites for hydroxylation is 1. The highest BCUT2D eigenvalue weighted by molar-refractivity contribution is 5.34. The molecular formula is C13H21N3. The normalized spacial score (nSPS) is 18.6. The molecule has 16 heavy (non-hydrogen) atoms. The fourth-order valence-electron chi connectivity index (χ4n) is 2.16. The summed E-state index contributed by atoms with van der Waals surface area (Å²) in [4.78, 5) is 6.86. The number of nitrogens with one attached hydrogen (secondary N) is 1. The molecule has 1 aliphatic heterocycles. The summed E-state index contributed by atoms with van der Waals surface area (Å²) in [5.41, 5.74) is 1.08. The molecule has 2 rings (SSSR count). The molecule has 0 spiro atoms. The second-order valence-corrected chi connectivity index (χ2v) is 4.79. The second kappa shape index (κ2) is 5.30. The first kappa shape index (κ1) is 11.4. The zero-order valence-electron chi connectivity index (χ0n) is 10.2. The van der Waals surface area contributed by atoms with E-state index in [2.05, 4.69) is 28.3 Å². The van der Waals surface area contributed by atoms with Crippen LogP contribution in [0.1, 0.15) is 18.5 Å². The molecule has 1 aromatic heterocycles. The molecule has 1 fully saturated rings. The van der Waals surface area contributed by atoms with Gasteiger partial charge in [0.1, 0.15) is 5.82 Å². The highest BCUT2D eigenvalue weighted by Gasteiger charge is 2.16. The molecule has 0 saturated carbocycles. The van der Waals surface area contributed by atoms with Gasteiger partial charge in [0.25, 0.3) is 0 Å². The Morgan fingerprint density at radius 2 is 2.12 bits per heavy atom. The van der Waals surface area contributed by atoms with E-state index in [4.69, 9.17) is 0 Å². The SMILES string of the molecule is Cc1cccc(NCC2CCN(C)CC2)n1. The van der Waals surface area contributed by atoms with Crippen molar-refractivity contribution in [3.63, 3.8) is 0 Å². The maximum Gasteiger partial charge on any atom is 0.126 e. The number of likely N-dealkylation sites (tertiary alicyclic amines) is 1.